The molecule has 172 valence electrons. The highest BCUT2D eigenvalue weighted by Gasteiger charge is 2.15. The highest BCUT2D eigenvalue weighted by molar-refractivity contribution is 14.0. The van der Waals surface area contributed by atoms with Gasteiger partial charge in [-0.2, -0.15) is 13.9 Å². The number of benzene rings is 1. The lowest BCUT2D eigenvalue weighted by Gasteiger charge is -2.15. The number of halogens is 3. The molecular weight excluding hydrogens is 529 g/mol. The van der Waals surface area contributed by atoms with Gasteiger partial charge in [-0.1, -0.05) is 12.1 Å². The van der Waals surface area contributed by atoms with Crippen LogP contribution in [-0.2, 0) is 13.1 Å². The first-order valence-electron chi connectivity index (χ1n) is 9.33. The molecule has 0 bridgehead atoms. The van der Waals surface area contributed by atoms with E-state index in [9.17, 15) is 18.9 Å². The molecule has 0 radical (unpaired) electrons. The summed E-state index contributed by atoms with van der Waals surface area (Å²) in [5.74, 6) is 0.630. The average Bonchev–Trinajstić information content (AvgIpc) is 3.17. The number of nitro groups is 1. The molecule has 0 aliphatic rings. The number of ether oxygens (including phenoxy) is 2. The van der Waals surface area contributed by atoms with Gasteiger partial charge in [0, 0.05) is 18.7 Å². The maximum Gasteiger partial charge on any atom is 0.387 e. The molecule has 31 heavy (non-hydrogen) atoms. The van der Waals surface area contributed by atoms with Gasteiger partial charge in [0.1, 0.15) is 12.4 Å². The summed E-state index contributed by atoms with van der Waals surface area (Å²) in [6.45, 7) is 2.38. The summed E-state index contributed by atoms with van der Waals surface area (Å²) in [7, 11) is 0. The quantitative estimate of drug-likeness (QED) is 0.144. The minimum atomic E-state index is -2.99. The molecular formula is C18H25F2IN6O4. The third-order valence-electron chi connectivity index (χ3n) is 3.78. The number of hydrogen-bond donors (Lipinski definition) is 2. The molecule has 10 nitrogen and oxygen atoms in total. The van der Waals surface area contributed by atoms with Crippen LogP contribution in [0.5, 0.6) is 11.5 Å². The summed E-state index contributed by atoms with van der Waals surface area (Å²) in [5, 5.41) is 20.7. The van der Waals surface area contributed by atoms with Crippen LogP contribution in [-0.4, -0.2) is 47.0 Å². The molecule has 0 amide bonds. The topological polar surface area (TPSA) is 116 Å². The van der Waals surface area contributed by atoms with Gasteiger partial charge in [0.2, 0.25) is 0 Å². The molecule has 1 heterocycles. The highest BCUT2D eigenvalue weighted by atomic mass is 127. The lowest BCUT2D eigenvalue weighted by Crippen LogP contribution is -2.38. The van der Waals surface area contributed by atoms with Crippen molar-refractivity contribution >= 4 is 35.6 Å². The Balaban J connectivity index is 0.00000480. The van der Waals surface area contributed by atoms with Gasteiger partial charge in [-0.15, -0.1) is 24.0 Å². The molecule has 1 aromatic heterocycles. The zero-order valence-electron chi connectivity index (χ0n) is 17.1. The maximum atomic E-state index is 12.8. The second kappa shape index (κ2) is 13.6. The number of alkyl halides is 2. The number of nitrogens with zero attached hydrogens (tertiary/aromatic N) is 4. The molecule has 1 aromatic carbocycles. The smallest absolute Gasteiger partial charge is 0.387 e. The summed E-state index contributed by atoms with van der Waals surface area (Å²) < 4.78 is 37.1. The lowest BCUT2D eigenvalue weighted by molar-refractivity contribution is -0.385. The van der Waals surface area contributed by atoms with Crippen molar-refractivity contribution in [2.75, 3.05) is 19.7 Å². The second-order valence-corrected chi connectivity index (χ2v) is 5.90. The molecule has 13 heteroatoms. The number of nitrogens with one attached hydrogen (secondary N) is 2. The number of aromatic nitrogens is 2. The van der Waals surface area contributed by atoms with Crippen molar-refractivity contribution < 1.29 is 23.2 Å². The van der Waals surface area contributed by atoms with E-state index in [0.29, 0.717) is 37.8 Å². The van der Waals surface area contributed by atoms with Gasteiger partial charge in [0.25, 0.3) is 0 Å². The van der Waals surface area contributed by atoms with Crippen LogP contribution < -0.4 is 20.1 Å². The van der Waals surface area contributed by atoms with Gasteiger partial charge in [0.15, 0.2) is 17.5 Å². The number of para-hydroxylation sites is 1. The summed E-state index contributed by atoms with van der Waals surface area (Å²) in [4.78, 5) is 14.6. The largest absolute Gasteiger partial charge is 0.490 e. The van der Waals surface area contributed by atoms with Gasteiger partial charge in [-0.05, 0) is 19.9 Å². The van der Waals surface area contributed by atoms with Crippen molar-refractivity contribution in [2.45, 2.75) is 33.5 Å². The summed E-state index contributed by atoms with van der Waals surface area (Å²) in [5.41, 5.74) is 0.359. The van der Waals surface area contributed by atoms with Crippen molar-refractivity contribution in [3.8, 4) is 11.5 Å². The molecule has 0 aliphatic carbocycles. The normalized spacial score (nSPS) is 11.1. The number of rotatable bonds is 11. The molecule has 0 saturated carbocycles. The van der Waals surface area contributed by atoms with E-state index in [4.69, 9.17) is 4.74 Å². The van der Waals surface area contributed by atoms with Crippen molar-refractivity contribution in [1.29, 1.82) is 0 Å². The van der Waals surface area contributed by atoms with Gasteiger partial charge < -0.3 is 20.1 Å². The first-order valence-corrected chi connectivity index (χ1v) is 9.33. The Bertz CT molecular complexity index is 865. The molecule has 0 fully saturated rings. The third-order valence-corrected chi connectivity index (χ3v) is 3.78. The van der Waals surface area contributed by atoms with Crippen molar-refractivity contribution in [3.05, 3.63) is 46.3 Å². The van der Waals surface area contributed by atoms with Crippen LogP contribution in [0.15, 0.2) is 35.6 Å². The maximum absolute atomic E-state index is 12.8. The van der Waals surface area contributed by atoms with Crippen LogP contribution in [0.1, 0.15) is 19.4 Å². The Morgan fingerprint density at radius 3 is 2.74 bits per heavy atom. The lowest BCUT2D eigenvalue weighted by atomic mass is 10.2. The van der Waals surface area contributed by atoms with Crippen LogP contribution in [0.4, 0.5) is 14.5 Å². The van der Waals surface area contributed by atoms with Crippen LogP contribution in [0.3, 0.4) is 0 Å². The molecule has 0 saturated heterocycles. The van der Waals surface area contributed by atoms with Gasteiger partial charge in [-0.25, -0.2) is 4.99 Å². The Morgan fingerprint density at radius 1 is 1.35 bits per heavy atom. The van der Waals surface area contributed by atoms with Gasteiger partial charge >= 0.3 is 12.3 Å². The fourth-order valence-corrected chi connectivity index (χ4v) is 2.54. The molecule has 2 aromatic rings. The van der Waals surface area contributed by atoms with Crippen LogP contribution in [0.2, 0.25) is 0 Å². The van der Waals surface area contributed by atoms with E-state index in [1.165, 1.54) is 17.1 Å². The Labute approximate surface area is 195 Å². The van der Waals surface area contributed by atoms with Crippen LogP contribution >= 0.6 is 24.0 Å². The molecule has 0 aliphatic heterocycles. The van der Waals surface area contributed by atoms with E-state index in [1.54, 1.807) is 25.1 Å². The Kier molecular flexibility index (Phi) is 11.5. The van der Waals surface area contributed by atoms with E-state index in [0.717, 1.165) is 0 Å². The third kappa shape index (κ3) is 8.51. The minimum absolute atomic E-state index is 0. The second-order valence-electron chi connectivity index (χ2n) is 5.90. The first kappa shape index (κ1) is 26.3. The molecule has 0 spiro atoms. The molecule has 0 unspecified atom stereocenters. The molecule has 0 atom stereocenters. The van der Waals surface area contributed by atoms with Crippen LogP contribution in [0.25, 0.3) is 0 Å². The van der Waals surface area contributed by atoms with Crippen molar-refractivity contribution in [3.63, 3.8) is 0 Å². The zero-order chi connectivity index (χ0) is 21.9. The fraction of sp³-hybridized carbons (Fsp3) is 0.444. The molecule has 2 N–H and O–H groups in total. The Morgan fingerprint density at radius 2 is 2.13 bits per heavy atom. The highest BCUT2D eigenvalue weighted by Crippen LogP contribution is 2.33. The average molecular weight is 554 g/mol. The summed E-state index contributed by atoms with van der Waals surface area (Å²) >= 11 is 0. The first-order chi connectivity index (χ1) is 14.4. The summed E-state index contributed by atoms with van der Waals surface area (Å²) in [6, 6.07) is 4.87. The Hall–Kier alpha value is -2.71. The van der Waals surface area contributed by atoms with Gasteiger partial charge in [-0.3, -0.25) is 14.8 Å². The SMILES string of the molecule is CCNC(=NCc1cccc(OCC)c1OC(F)F)NCCn1cc([N+](=O)[O-])cn1.I. The number of guanidine groups is 1. The van der Waals surface area contributed by atoms with Crippen molar-refractivity contribution in [2.24, 2.45) is 4.99 Å². The summed E-state index contributed by atoms with van der Waals surface area (Å²) in [6.07, 6.45) is 2.51. The predicted octanol–water partition coefficient (Wildman–Crippen LogP) is 3.16. The predicted molar refractivity (Wildman–Crippen MR) is 121 cm³/mol. The standard InChI is InChI=1S/C18H24F2N6O4.HI/c1-3-21-18(22-8-9-25-12-14(11-24-25)26(27)28)23-10-13-6-5-7-15(29-4-2)16(13)30-17(19)20;/h5-7,11-12,17H,3-4,8-10H2,1-2H3,(H2,21,22,23);1H. The van der Waals surface area contributed by atoms with Crippen molar-refractivity contribution in [1.82, 2.24) is 20.4 Å². The fourth-order valence-electron chi connectivity index (χ4n) is 2.54. The monoisotopic (exact) mass is 554 g/mol. The number of aliphatic imine (C=N–C) groups is 1. The van der Waals surface area contributed by atoms with E-state index >= 15 is 0 Å². The minimum Gasteiger partial charge on any atom is -0.490 e. The van der Waals surface area contributed by atoms with E-state index in [-0.39, 0.29) is 47.7 Å². The molecule has 2 rings (SSSR count). The number of hydrogen-bond acceptors (Lipinski definition) is 6. The zero-order valence-corrected chi connectivity index (χ0v) is 19.4. The van der Waals surface area contributed by atoms with E-state index in [2.05, 4.69) is 25.5 Å². The van der Waals surface area contributed by atoms with E-state index in [1.807, 2.05) is 6.92 Å². The van der Waals surface area contributed by atoms with Gasteiger partial charge in [0.05, 0.1) is 24.6 Å². The van der Waals surface area contributed by atoms with Crippen LogP contribution in [0, 0.1) is 10.1 Å². The van der Waals surface area contributed by atoms with E-state index < -0.39 is 11.5 Å².